The Morgan fingerprint density at radius 2 is 2.00 bits per heavy atom. The van der Waals surface area contributed by atoms with Gasteiger partial charge in [-0.3, -0.25) is 4.92 Å². The summed E-state index contributed by atoms with van der Waals surface area (Å²) in [4.78, 5) is 4.93. The van der Waals surface area contributed by atoms with Crippen molar-refractivity contribution in [3.8, 4) is 0 Å². The molecule has 0 amide bonds. The van der Waals surface area contributed by atoms with E-state index < -0.39 is 18.8 Å². The van der Waals surface area contributed by atoms with Crippen molar-refractivity contribution in [1.82, 2.24) is 4.98 Å². The zero-order valence-electron chi connectivity index (χ0n) is 10.9. The van der Waals surface area contributed by atoms with Gasteiger partial charge < -0.3 is 5.02 Å². The second-order valence-corrected chi connectivity index (χ2v) is 4.97. The summed E-state index contributed by atoms with van der Waals surface area (Å²) in [7, 11) is -1.32. The van der Waals surface area contributed by atoms with Crippen molar-refractivity contribution in [3.05, 3.63) is 52.8 Å². The minimum atomic E-state index is -4.47. The van der Waals surface area contributed by atoms with E-state index in [1.165, 1.54) is 24.5 Å². The van der Waals surface area contributed by atoms with Crippen molar-refractivity contribution in [3.63, 3.8) is 0 Å². The maximum Gasteiger partial charge on any atom is 0.474 e. The minimum absolute atomic E-state index is 0.0770. The summed E-state index contributed by atoms with van der Waals surface area (Å²) in [6, 6.07) is 6.14. The maximum absolute atomic E-state index is 12.8. The molecule has 0 spiro atoms. The molecule has 0 radical (unpaired) electrons. The molecule has 1 aliphatic rings. The highest BCUT2D eigenvalue weighted by molar-refractivity contribution is 6.74. The first kappa shape index (κ1) is 14.9. The third kappa shape index (κ3) is 2.55. The van der Waals surface area contributed by atoms with E-state index >= 15 is 0 Å². The number of nitrogens with zero attached hydrogens (tertiary/aromatic N) is 3. The Kier molecular flexibility index (Phi) is 3.58. The van der Waals surface area contributed by atoms with Crippen LogP contribution in [0.15, 0.2) is 41.6 Å². The van der Waals surface area contributed by atoms with Gasteiger partial charge in [-0.25, -0.2) is 4.98 Å². The zero-order valence-corrected chi connectivity index (χ0v) is 11.7. The number of rotatable bonds is 1. The van der Waals surface area contributed by atoms with Crippen LogP contribution in [0.25, 0.3) is 0 Å². The molecule has 22 heavy (non-hydrogen) atoms. The number of alkyl halides is 3. The quantitative estimate of drug-likeness (QED) is 0.646. The fraction of sp³-hybridized carbons (Fsp3) is 0.0769. The first-order chi connectivity index (χ1) is 10.4. The molecule has 1 aromatic carbocycles. The molecule has 1 N–H and O–H groups in total. The van der Waals surface area contributed by atoms with E-state index in [4.69, 9.17) is 11.6 Å². The molecule has 0 unspecified atom stereocenters. The summed E-state index contributed by atoms with van der Waals surface area (Å²) in [5.41, 5.74) is 0.145. The largest absolute Gasteiger partial charge is 0.474 e. The summed E-state index contributed by atoms with van der Waals surface area (Å²) >= 11 is 5.95. The van der Waals surface area contributed by atoms with Gasteiger partial charge in [0.05, 0.1) is 11.8 Å². The number of hydrogen-bond acceptors (Lipinski definition) is 4. The van der Waals surface area contributed by atoms with Gasteiger partial charge in [-0.1, -0.05) is 17.7 Å². The molecule has 2 aromatic rings. The summed E-state index contributed by atoms with van der Waals surface area (Å²) < 4.78 is 38.4. The molecule has 1 aromatic heterocycles. The average Bonchev–Trinajstić information content (AvgIpc) is 2.47. The van der Waals surface area contributed by atoms with Gasteiger partial charge in [-0.15, -0.1) is 0 Å². The van der Waals surface area contributed by atoms with E-state index in [1.807, 2.05) is 0 Å². The van der Waals surface area contributed by atoms with Gasteiger partial charge in [0.15, 0.2) is 0 Å². The van der Waals surface area contributed by atoms with Crippen LogP contribution in [0.3, 0.4) is 0 Å². The molecule has 0 atom stereocenters. The van der Waals surface area contributed by atoms with Crippen LogP contribution in [0.2, 0.25) is 5.15 Å². The third-order valence-corrected chi connectivity index (χ3v) is 3.53. The van der Waals surface area contributed by atoms with Gasteiger partial charge in [0.2, 0.25) is 0 Å². The lowest BCUT2D eigenvalue weighted by Crippen LogP contribution is -2.51. The first-order valence-corrected chi connectivity index (χ1v) is 6.58. The summed E-state index contributed by atoms with van der Waals surface area (Å²) in [5, 5.41) is 14.4. The Labute approximate surface area is 129 Å². The molecule has 2 heterocycles. The molecular formula is C13H8BClF3N3O. The fourth-order valence-electron chi connectivity index (χ4n) is 2.17. The zero-order chi connectivity index (χ0) is 15.9. The van der Waals surface area contributed by atoms with Crippen molar-refractivity contribution >= 4 is 36.0 Å². The summed E-state index contributed by atoms with van der Waals surface area (Å²) in [5.74, 6) is 0. The van der Waals surface area contributed by atoms with Crippen LogP contribution >= 0.6 is 11.6 Å². The van der Waals surface area contributed by atoms with Crippen LogP contribution in [-0.4, -0.2) is 23.3 Å². The molecule has 0 fully saturated rings. The highest BCUT2D eigenvalue weighted by Crippen LogP contribution is 2.32. The maximum atomic E-state index is 12.8. The molecule has 9 heteroatoms. The van der Waals surface area contributed by atoms with E-state index in [0.29, 0.717) is 11.0 Å². The molecule has 3 rings (SSSR count). The number of aromatic nitrogens is 1. The van der Waals surface area contributed by atoms with Crippen molar-refractivity contribution in [2.45, 2.75) is 6.18 Å². The normalized spacial score (nSPS) is 14.2. The highest BCUT2D eigenvalue weighted by atomic mass is 35.5. The van der Waals surface area contributed by atoms with Gasteiger partial charge in [-0.2, -0.15) is 18.3 Å². The van der Waals surface area contributed by atoms with Crippen molar-refractivity contribution in [2.24, 2.45) is 5.10 Å². The van der Waals surface area contributed by atoms with E-state index in [2.05, 4.69) is 10.1 Å². The monoisotopic (exact) mass is 325 g/mol. The number of hydrogen-bond donors (Lipinski definition) is 1. The second-order valence-electron chi connectivity index (χ2n) is 4.62. The Morgan fingerprint density at radius 1 is 1.23 bits per heavy atom. The fourth-order valence-corrected chi connectivity index (χ4v) is 2.44. The van der Waals surface area contributed by atoms with Crippen LogP contribution in [0.5, 0.6) is 0 Å². The Bertz CT molecular complexity index is 754. The van der Waals surface area contributed by atoms with Gasteiger partial charge in [0.1, 0.15) is 5.15 Å². The highest BCUT2D eigenvalue weighted by Gasteiger charge is 2.35. The van der Waals surface area contributed by atoms with Crippen LogP contribution in [0, 0.1) is 0 Å². The molecule has 0 aliphatic carbocycles. The van der Waals surface area contributed by atoms with Crippen LogP contribution in [0.4, 0.5) is 18.9 Å². The van der Waals surface area contributed by atoms with Crippen molar-refractivity contribution < 1.29 is 18.2 Å². The average molecular weight is 325 g/mol. The lowest BCUT2D eigenvalue weighted by atomic mass is 9.70. The van der Waals surface area contributed by atoms with Gasteiger partial charge >= 0.3 is 13.2 Å². The van der Waals surface area contributed by atoms with Crippen molar-refractivity contribution in [1.29, 1.82) is 0 Å². The minimum Gasteiger partial charge on any atom is -0.427 e. The van der Waals surface area contributed by atoms with E-state index in [0.717, 1.165) is 17.1 Å². The Morgan fingerprint density at radius 3 is 2.73 bits per heavy atom. The standard InChI is InChI=1S/C13H8BClF3N3O/c15-12-11-8(4-5-19-12)7-20-21(14(11)22)10-3-1-2-9(6-10)13(16,17)18/h1-7,22H. The third-order valence-electron chi connectivity index (χ3n) is 3.22. The summed E-state index contributed by atoms with van der Waals surface area (Å²) in [6.45, 7) is 0. The molecule has 112 valence electrons. The molecule has 1 aliphatic heterocycles. The number of halogens is 4. The lowest BCUT2D eigenvalue weighted by Gasteiger charge is -2.27. The predicted molar refractivity (Wildman–Crippen MR) is 78.4 cm³/mol. The van der Waals surface area contributed by atoms with Gasteiger partial charge in [-0.05, 0) is 29.8 Å². The number of pyridine rings is 1. The van der Waals surface area contributed by atoms with E-state index in [9.17, 15) is 18.2 Å². The molecule has 4 nitrogen and oxygen atoms in total. The summed E-state index contributed by atoms with van der Waals surface area (Å²) in [6.07, 6.45) is -1.60. The van der Waals surface area contributed by atoms with E-state index in [1.54, 1.807) is 6.07 Å². The first-order valence-electron chi connectivity index (χ1n) is 6.21. The van der Waals surface area contributed by atoms with Crippen LogP contribution in [0.1, 0.15) is 11.1 Å². The van der Waals surface area contributed by atoms with Crippen LogP contribution in [-0.2, 0) is 6.18 Å². The molecule has 0 saturated heterocycles. The smallest absolute Gasteiger partial charge is 0.427 e. The number of hydrazone groups is 1. The SMILES string of the molecule is OB1c2c(ccnc2Cl)C=NN1c1cccc(C(F)(F)F)c1. The molecule has 0 saturated carbocycles. The number of anilines is 1. The van der Waals surface area contributed by atoms with Crippen molar-refractivity contribution in [2.75, 3.05) is 4.92 Å². The molecule has 0 bridgehead atoms. The lowest BCUT2D eigenvalue weighted by molar-refractivity contribution is -0.137. The number of fused-ring (bicyclic) bond motifs is 1. The van der Waals surface area contributed by atoms with Crippen LogP contribution < -0.4 is 10.4 Å². The van der Waals surface area contributed by atoms with Gasteiger partial charge in [0.25, 0.3) is 0 Å². The van der Waals surface area contributed by atoms with Gasteiger partial charge in [0, 0.05) is 17.3 Å². The number of benzene rings is 1. The topological polar surface area (TPSA) is 48.7 Å². The second kappa shape index (κ2) is 5.29. The Balaban J connectivity index is 2.03. The molecular weight excluding hydrogens is 317 g/mol. The van der Waals surface area contributed by atoms with E-state index in [-0.39, 0.29) is 10.8 Å². The predicted octanol–water partition coefficient (Wildman–Crippen LogP) is 2.30. The Hall–Kier alpha value is -2.06.